The Morgan fingerprint density at radius 1 is 2.00 bits per heavy atom. The molecule has 9 heavy (non-hydrogen) atoms. The van der Waals surface area contributed by atoms with Gasteiger partial charge in [0, 0.05) is 7.05 Å². The molecule has 0 unspecified atom stereocenters. The van der Waals surface area contributed by atoms with Gasteiger partial charge in [-0.2, -0.15) is 0 Å². The van der Waals surface area contributed by atoms with Crippen LogP contribution >= 0.6 is 11.8 Å². The van der Waals surface area contributed by atoms with Crippen LogP contribution in [-0.4, -0.2) is 34.5 Å². The van der Waals surface area contributed by atoms with Gasteiger partial charge in [-0.3, -0.25) is 10.6 Å². The molecule has 5 heteroatoms. The Balaban J connectivity index is 3.38. The molecule has 0 saturated carbocycles. The van der Waals surface area contributed by atoms with E-state index in [1.165, 1.54) is 7.05 Å². The van der Waals surface area contributed by atoms with Gasteiger partial charge in [-0.15, -0.1) is 0 Å². The number of carbonyl (C=O) groups is 1. The number of rotatable bonds is 2. The second-order valence-corrected chi connectivity index (χ2v) is 2.32. The predicted octanol–water partition coefficient (Wildman–Crippen LogP) is 0.174. The summed E-state index contributed by atoms with van der Waals surface area (Å²) < 4.78 is 0. The maximum absolute atomic E-state index is 9.71. The number of nitrogens with zero attached hydrogens (tertiary/aromatic N) is 1. The second kappa shape index (κ2) is 4.34. The van der Waals surface area contributed by atoms with Crippen LogP contribution in [0.3, 0.4) is 0 Å². The summed E-state index contributed by atoms with van der Waals surface area (Å²) >= 11 is 0.976. The van der Waals surface area contributed by atoms with E-state index >= 15 is 0 Å². The average molecular weight is 148 g/mol. The van der Waals surface area contributed by atoms with Crippen molar-refractivity contribution in [3.63, 3.8) is 0 Å². The first-order chi connectivity index (χ1) is 4.18. The standard InChI is InChI=1S/C4H8N2O2S/c1-6(8)4(5)9-3-2-7/h2,5,8H,3H2,1H3. The summed E-state index contributed by atoms with van der Waals surface area (Å²) in [5, 5.41) is 16.1. The van der Waals surface area contributed by atoms with E-state index in [1.807, 2.05) is 0 Å². The van der Waals surface area contributed by atoms with Crippen LogP contribution in [0.5, 0.6) is 0 Å². The summed E-state index contributed by atoms with van der Waals surface area (Å²) in [5.74, 6) is 0.212. The van der Waals surface area contributed by atoms with Gasteiger partial charge in [0.05, 0.1) is 5.75 Å². The smallest absolute Gasteiger partial charge is 0.180 e. The predicted molar refractivity (Wildman–Crippen MR) is 35.8 cm³/mol. The van der Waals surface area contributed by atoms with E-state index in [-0.39, 0.29) is 10.9 Å². The lowest BCUT2D eigenvalue weighted by atomic mass is 10.9. The number of aldehydes is 1. The summed E-state index contributed by atoms with van der Waals surface area (Å²) in [6.45, 7) is 0. The number of hydrogen-bond acceptors (Lipinski definition) is 4. The molecule has 0 aromatic rings. The van der Waals surface area contributed by atoms with Gasteiger partial charge in [0.15, 0.2) is 5.17 Å². The molecule has 0 fully saturated rings. The highest BCUT2D eigenvalue weighted by molar-refractivity contribution is 8.14. The van der Waals surface area contributed by atoms with Crippen LogP contribution in [0, 0.1) is 5.41 Å². The van der Waals surface area contributed by atoms with Gasteiger partial charge in [0.2, 0.25) is 0 Å². The van der Waals surface area contributed by atoms with Crippen molar-refractivity contribution in [3.05, 3.63) is 0 Å². The second-order valence-electron chi connectivity index (χ2n) is 1.31. The molecular weight excluding hydrogens is 140 g/mol. The molecule has 0 bridgehead atoms. The van der Waals surface area contributed by atoms with Gasteiger partial charge in [-0.25, -0.2) is 5.06 Å². The summed E-state index contributed by atoms with van der Waals surface area (Å²) in [7, 11) is 1.33. The Morgan fingerprint density at radius 3 is 2.89 bits per heavy atom. The monoisotopic (exact) mass is 148 g/mol. The van der Waals surface area contributed by atoms with Crippen molar-refractivity contribution in [2.45, 2.75) is 0 Å². The number of amidine groups is 1. The zero-order valence-corrected chi connectivity index (χ0v) is 5.81. The van der Waals surface area contributed by atoms with Crippen molar-refractivity contribution < 1.29 is 10.0 Å². The Hall–Kier alpha value is -0.550. The van der Waals surface area contributed by atoms with E-state index in [4.69, 9.17) is 10.6 Å². The van der Waals surface area contributed by atoms with E-state index in [1.54, 1.807) is 0 Å². The molecule has 0 radical (unpaired) electrons. The zero-order valence-electron chi connectivity index (χ0n) is 5.00. The van der Waals surface area contributed by atoms with Crippen LogP contribution in [-0.2, 0) is 4.79 Å². The summed E-state index contributed by atoms with van der Waals surface area (Å²) in [4.78, 5) is 9.71. The quantitative estimate of drug-likeness (QED) is 0.254. The highest BCUT2D eigenvalue weighted by atomic mass is 32.2. The van der Waals surface area contributed by atoms with E-state index in [0.29, 0.717) is 11.3 Å². The third kappa shape index (κ3) is 3.99. The number of carbonyl (C=O) groups excluding carboxylic acids is 1. The molecule has 4 nitrogen and oxygen atoms in total. The van der Waals surface area contributed by atoms with Crippen molar-refractivity contribution >= 4 is 23.2 Å². The fourth-order valence-electron chi connectivity index (χ4n) is 0.206. The minimum absolute atomic E-state index is 0.0258. The molecule has 52 valence electrons. The normalized spacial score (nSPS) is 8.67. The summed E-state index contributed by atoms with van der Waals surface area (Å²) in [6.07, 6.45) is 0.683. The lowest BCUT2D eigenvalue weighted by molar-refractivity contribution is -0.105. The zero-order chi connectivity index (χ0) is 7.28. The van der Waals surface area contributed by atoms with E-state index < -0.39 is 0 Å². The number of hydrogen-bond donors (Lipinski definition) is 2. The van der Waals surface area contributed by atoms with Gasteiger partial charge in [-0.05, 0) is 0 Å². The van der Waals surface area contributed by atoms with E-state index in [9.17, 15) is 4.79 Å². The third-order valence-corrected chi connectivity index (χ3v) is 1.42. The number of hydroxylamine groups is 2. The molecule has 0 spiro atoms. The molecule has 0 heterocycles. The van der Waals surface area contributed by atoms with Crippen molar-refractivity contribution in [2.75, 3.05) is 12.8 Å². The maximum atomic E-state index is 9.71. The minimum atomic E-state index is -0.0258. The van der Waals surface area contributed by atoms with E-state index in [0.717, 1.165) is 11.8 Å². The van der Waals surface area contributed by atoms with Crippen molar-refractivity contribution in [1.82, 2.24) is 5.06 Å². The van der Waals surface area contributed by atoms with Crippen LogP contribution in [0.4, 0.5) is 0 Å². The van der Waals surface area contributed by atoms with Crippen molar-refractivity contribution in [2.24, 2.45) is 0 Å². The Labute approximate surface area is 57.3 Å². The molecule has 0 aromatic heterocycles. The highest BCUT2D eigenvalue weighted by Crippen LogP contribution is 2.00. The molecule has 0 aliphatic carbocycles. The fraction of sp³-hybridized carbons (Fsp3) is 0.500. The Morgan fingerprint density at radius 2 is 2.56 bits per heavy atom. The van der Waals surface area contributed by atoms with Gasteiger partial charge in [-0.1, -0.05) is 11.8 Å². The first-order valence-electron chi connectivity index (χ1n) is 2.26. The first kappa shape index (κ1) is 8.45. The van der Waals surface area contributed by atoms with Crippen LogP contribution in [0.15, 0.2) is 0 Å². The minimum Gasteiger partial charge on any atom is -0.302 e. The fourth-order valence-corrected chi connectivity index (χ4v) is 0.619. The van der Waals surface area contributed by atoms with E-state index in [2.05, 4.69) is 0 Å². The topological polar surface area (TPSA) is 64.4 Å². The number of thioether (sulfide) groups is 1. The Kier molecular flexibility index (Phi) is 4.08. The molecule has 0 aliphatic heterocycles. The number of nitrogens with one attached hydrogen (secondary N) is 1. The van der Waals surface area contributed by atoms with Gasteiger partial charge in [0.1, 0.15) is 6.29 Å². The average Bonchev–Trinajstić information content (AvgIpc) is 1.82. The highest BCUT2D eigenvalue weighted by Gasteiger charge is 1.98. The molecule has 0 rings (SSSR count). The molecule has 0 aromatic carbocycles. The van der Waals surface area contributed by atoms with Crippen LogP contribution in [0.25, 0.3) is 0 Å². The molecule has 0 amide bonds. The Bertz CT molecular complexity index is 115. The maximum Gasteiger partial charge on any atom is 0.180 e. The van der Waals surface area contributed by atoms with Crippen molar-refractivity contribution in [3.8, 4) is 0 Å². The van der Waals surface area contributed by atoms with Crippen molar-refractivity contribution in [1.29, 1.82) is 5.41 Å². The molecule has 0 atom stereocenters. The molecular formula is C4H8N2O2S. The van der Waals surface area contributed by atoms with Gasteiger partial charge < -0.3 is 4.79 Å². The van der Waals surface area contributed by atoms with Crippen LogP contribution in [0.1, 0.15) is 0 Å². The lowest BCUT2D eigenvalue weighted by Gasteiger charge is -2.07. The largest absolute Gasteiger partial charge is 0.302 e. The molecule has 2 N–H and O–H groups in total. The molecule has 0 saturated heterocycles. The third-order valence-electron chi connectivity index (χ3n) is 0.582. The summed E-state index contributed by atoms with van der Waals surface area (Å²) in [5.41, 5.74) is 0. The lowest BCUT2D eigenvalue weighted by Crippen LogP contribution is -2.18. The van der Waals surface area contributed by atoms with Gasteiger partial charge in [0.25, 0.3) is 0 Å². The van der Waals surface area contributed by atoms with Gasteiger partial charge >= 0.3 is 0 Å². The van der Waals surface area contributed by atoms with Crippen LogP contribution < -0.4 is 0 Å². The first-order valence-corrected chi connectivity index (χ1v) is 3.24. The van der Waals surface area contributed by atoms with Crippen LogP contribution in [0.2, 0.25) is 0 Å². The molecule has 0 aliphatic rings. The summed E-state index contributed by atoms with van der Waals surface area (Å²) in [6, 6.07) is 0. The SMILES string of the molecule is CN(O)C(=N)SCC=O.